The number of nitrogens with zero attached hydrogens (tertiary/aromatic N) is 3. The first-order valence-electron chi connectivity index (χ1n) is 8.03. The smallest absolute Gasteiger partial charge is 0.228 e. The second kappa shape index (κ2) is 7.59. The van der Waals surface area contributed by atoms with Gasteiger partial charge in [0.05, 0.1) is 6.10 Å². The summed E-state index contributed by atoms with van der Waals surface area (Å²) < 4.78 is 5.67. The topological polar surface area (TPSA) is 50.3 Å². The van der Waals surface area contributed by atoms with E-state index in [0.29, 0.717) is 17.8 Å². The van der Waals surface area contributed by atoms with Gasteiger partial charge in [0.25, 0.3) is 0 Å². The van der Waals surface area contributed by atoms with Crippen molar-refractivity contribution < 1.29 is 4.74 Å². The summed E-state index contributed by atoms with van der Waals surface area (Å²) in [6.45, 7) is 11.6. The van der Waals surface area contributed by atoms with Gasteiger partial charge in [-0.1, -0.05) is 13.8 Å². The van der Waals surface area contributed by atoms with Crippen molar-refractivity contribution in [3.8, 4) is 5.88 Å². The highest BCUT2D eigenvalue weighted by molar-refractivity contribution is 5.35. The Morgan fingerprint density at radius 2 is 2.19 bits per heavy atom. The lowest BCUT2D eigenvalue weighted by Crippen LogP contribution is -2.39. The minimum absolute atomic E-state index is 0.134. The maximum atomic E-state index is 5.67. The van der Waals surface area contributed by atoms with E-state index in [9.17, 15) is 0 Å². The van der Waals surface area contributed by atoms with Crippen LogP contribution in [-0.4, -0.2) is 41.7 Å². The molecular weight excluding hydrogens is 264 g/mol. The molecule has 0 saturated carbocycles. The van der Waals surface area contributed by atoms with Crippen LogP contribution in [-0.2, 0) is 0 Å². The summed E-state index contributed by atoms with van der Waals surface area (Å²) in [5.74, 6) is 2.14. The molecule has 2 rings (SSSR count). The Hall–Kier alpha value is -1.36. The molecule has 0 radical (unpaired) electrons. The molecule has 1 N–H and O–H groups in total. The van der Waals surface area contributed by atoms with Crippen molar-refractivity contribution in [3.63, 3.8) is 0 Å². The standard InChI is InChI=1S/C16H28N4O/c1-12(2)10-17-11-14-6-5-9-20(14)16-18-8-7-15(19-16)21-13(3)4/h7-8,12-14,17H,5-6,9-11H2,1-4H3. The molecule has 1 aliphatic heterocycles. The van der Waals surface area contributed by atoms with Crippen LogP contribution >= 0.6 is 0 Å². The molecule has 5 heteroatoms. The van der Waals surface area contributed by atoms with E-state index in [2.05, 4.69) is 34.0 Å². The van der Waals surface area contributed by atoms with Crippen LogP contribution in [0.15, 0.2) is 12.3 Å². The highest BCUT2D eigenvalue weighted by Crippen LogP contribution is 2.23. The Morgan fingerprint density at radius 3 is 2.90 bits per heavy atom. The Kier molecular flexibility index (Phi) is 5.79. The third-order valence-corrected chi connectivity index (χ3v) is 3.54. The first-order chi connectivity index (χ1) is 10.1. The quantitative estimate of drug-likeness (QED) is 0.836. The van der Waals surface area contributed by atoms with Crippen LogP contribution in [0.4, 0.5) is 5.95 Å². The Balaban J connectivity index is 1.98. The fraction of sp³-hybridized carbons (Fsp3) is 0.750. The fourth-order valence-electron chi connectivity index (χ4n) is 2.63. The molecule has 1 aliphatic rings. The van der Waals surface area contributed by atoms with Crippen molar-refractivity contribution in [1.29, 1.82) is 0 Å². The number of nitrogens with one attached hydrogen (secondary N) is 1. The zero-order valence-corrected chi connectivity index (χ0v) is 13.7. The molecule has 2 heterocycles. The van der Waals surface area contributed by atoms with E-state index in [0.717, 1.165) is 25.6 Å². The number of rotatable bonds is 7. The summed E-state index contributed by atoms with van der Waals surface area (Å²) in [6, 6.07) is 2.31. The van der Waals surface area contributed by atoms with Gasteiger partial charge in [-0.15, -0.1) is 0 Å². The lowest BCUT2D eigenvalue weighted by molar-refractivity contribution is 0.232. The number of ether oxygens (including phenoxy) is 1. The van der Waals surface area contributed by atoms with E-state index >= 15 is 0 Å². The maximum absolute atomic E-state index is 5.67. The highest BCUT2D eigenvalue weighted by Gasteiger charge is 2.26. The van der Waals surface area contributed by atoms with Crippen LogP contribution in [0, 0.1) is 5.92 Å². The van der Waals surface area contributed by atoms with Crippen LogP contribution in [0.2, 0.25) is 0 Å². The van der Waals surface area contributed by atoms with E-state index in [1.54, 1.807) is 6.20 Å². The fourth-order valence-corrected chi connectivity index (χ4v) is 2.63. The average Bonchev–Trinajstić information content (AvgIpc) is 2.86. The number of anilines is 1. The van der Waals surface area contributed by atoms with Crippen LogP contribution in [0.1, 0.15) is 40.5 Å². The summed E-state index contributed by atoms with van der Waals surface area (Å²) >= 11 is 0. The van der Waals surface area contributed by atoms with Gasteiger partial charge in [0.15, 0.2) is 0 Å². The van der Waals surface area contributed by atoms with Gasteiger partial charge in [-0.05, 0) is 39.2 Å². The lowest BCUT2D eigenvalue weighted by atomic mass is 10.2. The SMILES string of the molecule is CC(C)CNCC1CCCN1c1nccc(OC(C)C)n1. The number of aromatic nitrogens is 2. The minimum atomic E-state index is 0.134. The molecule has 118 valence electrons. The molecule has 0 aliphatic carbocycles. The Bertz CT molecular complexity index is 436. The van der Waals surface area contributed by atoms with E-state index in [4.69, 9.17) is 4.74 Å². The molecular formula is C16H28N4O. The molecule has 1 atom stereocenters. The van der Waals surface area contributed by atoms with Gasteiger partial charge in [-0.3, -0.25) is 0 Å². The molecule has 1 aromatic heterocycles. The van der Waals surface area contributed by atoms with Gasteiger partial charge in [0.2, 0.25) is 11.8 Å². The van der Waals surface area contributed by atoms with Gasteiger partial charge in [0.1, 0.15) is 0 Å². The molecule has 0 amide bonds. The molecule has 21 heavy (non-hydrogen) atoms. The van der Waals surface area contributed by atoms with E-state index in [1.165, 1.54) is 12.8 Å². The van der Waals surface area contributed by atoms with E-state index in [-0.39, 0.29) is 6.10 Å². The van der Waals surface area contributed by atoms with Gasteiger partial charge < -0.3 is 15.0 Å². The van der Waals surface area contributed by atoms with Crippen molar-refractivity contribution >= 4 is 5.95 Å². The summed E-state index contributed by atoms with van der Waals surface area (Å²) in [6.07, 6.45) is 4.32. The third-order valence-electron chi connectivity index (χ3n) is 3.54. The molecule has 1 aromatic rings. The summed E-state index contributed by atoms with van der Waals surface area (Å²) in [5, 5.41) is 3.54. The lowest BCUT2D eigenvalue weighted by Gasteiger charge is -2.25. The molecule has 1 unspecified atom stereocenters. The molecule has 1 fully saturated rings. The Labute approximate surface area is 128 Å². The minimum Gasteiger partial charge on any atom is -0.475 e. The van der Waals surface area contributed by atoms with Crippen LogP contribution < -0.4 is 15.0 Å². The van der Waals surface area contributed by atoms with Crippen molar-refractivity contribution in [1.82, 2.24) is 15.3 Å². The first kappa shape index (κ1) is 16.0. The maximum Gasteiger partial charge on any atom is 0.228 e. The van der Waals surface area contributed by atoms with Crippen molar-refractivity contribution in [2.24, 2.45) is 5.92 Å². The van der Waals surface area contributed by atoms with Crippen LogP contribution in [0.25, 0.3) is 0 Å². The highest BCUT2D eigenvalue weighted by atomic mass is 16.5. The molecule has 0 aromatic carbocycles. The van der Waals surface area contributed by atoms with E-state index in [1.807, 2.05) is 19.9 Å². The predicted molar refractivity (Wildman–Crippen MR) is 85.9 cm³/mol. The second-order valence-corrected chi connectivity index (χ2v) is 6.40. The molecule has 0 bridgehead atoms. The van der Waals surface area contributed by atoms with Gasteiger partial charge in [-0.25, -0.2) is 4.98 Å². The van der Waals surface area contributed by atoms with Gasteiger partial charge in [0, 0.05) is 31.4 Å². The van der Waals surface area contributed by atoms with Crippen molar-refractivity contribution in [2.75, 3.05) is 24.5 Å². The predicted octanol–water partition coefficient (Wildman–Crippen LogP) is 2.48. The van der Waals surface area contributed by atoms with Crippen molar-refractivity contribution in [2.45, 2.75) is 52.7 Å². The van der Waals surface area contributed by atoms with Crippen LogP contribution in [0.5, 0.6) is 5.88 Å². The second-order valence-electron chi connectivity index (χ2n) is 6.40. The normalized spacial score (nSPS) is 18.8. The molecule has 5 nitrogen and oxygen atoms in total. The number of hydrogen-bond acceptors (Lipinski definition) is 5. The third kappa shape index (κ3) is 4.84. The zero-order valence-electron chi connectivity index (χ0n) is 13.7. The van der Waals surface area contributed by atoms with Gasteiger partial charge in [-0.2, -0.15) is 4.98 Å². The summed E-state index contributed by atoms with van der Waals surface area (Å²) in [5.41, 5.74) is 0. The largest absolute Gasteiger partial charge is 0.475 e. The monoisotopic (exact) mass is 292 g/mol. The number of hydrogen-bond donors (Lipinski definition) is 1. The first-order valence-corrected chi connectivity index (χ1v) is 8.03. The van der Waals surface area contributed by atoms with Crippen molar-refractivity contribution in [3.05, 3.63) is 12.3 Å². The van der Waals surface area contributed by atoms with E-state index < -0.39 is 0 Å². The van der Waals surface area contributed by atoms with Crippen LogP contribution in [0.3, 0.4) is 0 Å². The zero-order chi connectivity index (χ0) is 15.2. The Morgan fingerprint density at radius 1 is 1.38 bits per heavy atom. The summed E-state index contributed by atoms with van der Waals surface area (Å²) in [4.78, 5) is 11.3. The molecule has 0 spiro atoms. The van der Waals surface area contributed by atoms with Gasteiger partial charge >= 0.3 is 0 Å². The average molecular weight is 292 g/mol. The summed E-state index contributed by atoms with van der Waals surface area (Å²) in [7, 11) is 0. The molecule has 1 saturated heterocycles.